The Morgan fingerprint density at radius 2 is 2.23 bits per heavy atom. The van der Waals surface area contributed by atoms with Gasteiger partial charge in [0.25, 0.3) is 0 Å². The van der Waals surface area contributed by atoms with E-state index in [9.17, 15) is 9.90 Å². The van der Waals surface area contributed by atoms with E-state index in [1.54, 1.807) is 18.2 Å². The van der Waals surface area contributed by atoms with Gasteiger partial charge in [-0.05, 0) is 12.8 Å². The fraction of sp³-hybridized carbons (Fsp3) is 0.500. The van der Waals surface area contributed by atoms with Crippen LogP contribution >= 0.6 is 0 Å². The van der Waals surface area contributed by atoms with Crippen molar-refractivity contribution < 1.29 is 9.90 Å². The van der Waals surface area contributed by atoms with Crippen LogP contribution in [0.25, 0.3) is 0 Å². The predicted molar refractivity (Wildman–Crippen MR) is 48.9 cm³/mol. The molecule has 2 aliphatic rings. The molecule has 0 saturated heterocycles. The number of fused-ring (bicyclic) bond motifs is 1. The molecular weight excluding hydrogens is 166 g/mol. The second-order valence-corrected chi connectivity index (χ2v) is 3.65. The number of hydrogen-bond acceptors (Lipinski definition) is 3. The van der Waals surface area contributed by atoms with Crippen LogP contribution in [0.3, 0.4) is 0 Å². The summed E-state index contributed by atoms with van der Waals surface area (Å²) >= 11 is 0. The van der Waals surface area contributed by atoms with Gasteiger partial charge in [-0.15, -0.1) is 0 Å². The van der Waals surface area contributed by atoms with Crippen molar-refractivity contribution in [2.45, 2.75) is 25.0 Å². The summed E-state index contributed by atoms with van der Waals surface area (Å²) in [6.45, 7) is 0. The molecule has 2 rings (SSSR count). The van der Waals surface area contributed by atoms with Crippen LogP contribution in [0.15, 0.2) is 23.8 Å². The number of aliphatic hydroxyl groups is 1. The monoisotopic (exact) mass is 179 g/mol. The molecule has 3 N–H and O–H groups in total. The van der Waals surface area contributed by atoms with Crippen molar-refractivity contribution in [2.75, 3.05) is 0 Å². The van der Waals surface area contributed by atoms with E-state index in [1.807, 2.05) is 0 Å². The summed E-state index contributed by atoms with van der Waals surface area (Å²) in [4.78, 5) is 11.6. The van der Waals surface area contributed by atoms with Crippen molar-refractivity contribution in [2.24, 2.45) is 11.7 Å². The largest absolute Gasteiger partial charge is 0.388 e. The molecule has 3 unspecified atom stereocenters. The highest BCUT2D eigenvalue weighted by atomic mass is 16.3. The van der Waals surface area contributed by atoms with Gasteiger partial charge in [0.1, 0.15) is 0 Å². The van der Waals surface area contributed by atoms with Crippen LogP contribution in [0.5, 0.6) is 0 Å². The lowest BCUT2D eigenvalue weighted by molar-refractivity contribution is -0.119. The van der Waals surface area contributed by atoms with Crippen molar-refractivity contribution in [3.63, 3.8) is 0 Å². The van der Waals surface area contributed by atoms with E-state index < -0.39 is 6.10 Å². The first-order valence-corrected chi connectivity index (χ1v) is 4.56. The second-order valence-electron chi connectivity index (χ2n) is 3.65. The molecule has 0 spiro atoms. The molecule has 0 heterocycles. The second kappa shape index (κ2) is 3.09. The standard InChI is InChI=1S/C10H13NO2/c11-8-5-4-6-7(10(8)13)2-1-3-9(6)12/h1-3,6,8-9,12H,4-5,11H2. The molecule has 0 bridgehead atoms. The summed E-state index contributed by atoms with van der Waals surface area (Å²) in [5.41, 5.74) is 6.34. The number of aliphatic hydroxyl groups excluding tert-OH is 1. The van der Waals surface area contributed by atoms with Crippen molar-refractivity contribution >= 4 is 5.78 Å². The molecule has 70 valence electrons. The third-order valence-corrected chi connectivity index (χ3v) is 2.81. The summed E-state index contributed by atoms with van der Waals surface area (Å²) < 4.78 is 0. The Bertz CT molecular complexity index is 293. The van der Waals surface area contributed by atoms with E-state index in [2.05, 4.69) is 0 Å². The van der Waals surface area contributed by atoms with Crippen LogP contribution in [0.1, 0.15) is 12.8 Å². The van der Waals surface area contributed by atoms with Crippen LogP contribution in [0.2, 0.25) is 0 Å². The Kier molecular flexibility index (Phi) is 2.06. The Morgan fingerprint density at radius 3 is 3.00 bits per heavy atom. The summed E-state index contributed by atoms with van der Waals surface area (Å²) in [5, 5.41) is 9.59. The van der Waals surface area contributed by atoms with E-state index >= 15 is 0 Å². The predicted octanol–water partition coefficient (Wildman–Crippen LogP) is 0.150. The van der Waals surface area contributed by atoms with Gasteiger partial charge in [-0.3, -0.25) is 4.79 Å². The number of hydrogen-bond donors (Lipinski definition) is 2. The SMILES string of the molecule is NC1CCC2C(=CC=CC2O)C1=O. The number of carbonyl (C=O) groups excluding carboxylic acids is 1. The highest BCUT2D eigenvalue weighted by Gasteiger charge is 2.35. The van der Waals surface area contributed by atoms with Crippen molar-refractivity contribution in [1.29, 1.82) is 0 Å². The first-order valence-electron chi connectivity index (χ1n) is 4.56. The van der Waals surface area contributed by atoms with Gasteiger partial charge < -0.3 is 10.8 Å². The van der Waals surface area contributed by atoms with Gasteiger partial charge in [0.2, 0.25) is 0 Å². The van der Waals surface area contributed by atoms with Crippen molar-refractivity contribution in [3.8, 4) is 0 Å². The van der Waals surface area contributed by atoms with Gasteiger partial charge in [0.05, 0.1) is 12.1 Å². The van der Waals surface area contributed by atoms with Crippen LogP contribution in [0.4, 0.5) is 0 Å². The Labute approximate surface area is 76.9 Å². The summed E-state index contributed by atoms with van der Waals surface area (Å²) in [6, 6.07) is -0.360. The molecule has 0 aliphatic heterocycles. The lowest BCUT2D eigenvalue weighted by Gasteiger charge is -2.31. The van der Waals surface area contributed by atoms with Gasteiger partial charge >= 0.3 is 0 Å². The lowest BCUT2D eigenvalue weighted by atomic mass is 9.76. The number of allylic oxidation sites excluding steroid dienone is 2. The van der Waals surface area contributed by atoms with Crippen LogP contribution in [-0.2, 0) is 4.79 Å². The average molecular weight is 179 g/mol. The molecule has 13 heavy (non-hydrogen) atoms. The van der Waals surface area contributed by atoms with Gasteiger partial charge in [-0.1, -0.05) is 18.2 Å². The number of Topliss-reactive ketones (excluding diaryl/α,β-unsaturated/α-hetero) is 1. The third kappa shape index (κ3) is 1.34. The number of rotatable bonds is 0. The van der Waals surface area contributed by atoms with Gasteiger partial charge in [0.15, 0.2) is 5.78 Å². The zero-order valence-corrected chi connectivity index (χ0v) is 7.31. The van der Waals surface area contributed by atoms with E-state index in [-0.39, 0.29) is 17.7 Å². The van der Waals surface area contributed by atoms with E-state index in [4.69, 9.17) is 5.73 Å². The molecule has 3 atom stereocenters. The molecular formula is C10H13NO2. The van der Waals surface area contributed by atoms with Gasteiger partial charge in [0, 0.05) is 11.5 Å². The summed E-state index contributed by atoms with van der Waals surface area (Å²) in [6.07, 6.45) is 6.22. The average Bonchev–Trinajstić information content (AvgIpc) is 2.12. The Morgan fingerprint density at radius 1 is 1.46 bits per heavy atom. The summed E-state index contributed by atoms with van der Waals surface area (Å²) in [7, 11) is 0. The number of nitrogens with two attached hydrogens (primary N) is 1. The fourth-order valence-corrected chi connectivity index (χ4v) is 2.01. The van der Waals surface area contributed by atoms with Crippen molar-refractivity contribution in [1.82, 2.24) is 0 Å². The van der Waals surface area contributed by atoms with E-state index in [0.29, 0.717) is 12.0 Å². The zero-order valence-electron chi connectivity index (χ0n) is 7.31. The molecule has 2 aliphatic carbocycles. The fourth-order valence-electron chi connectivity index (χ4n) is 2.01. The quantitative estimate of drug-likeness (QED) is 0.556. The minimum Gasteiger partial charge on any atom is -0.388 e. The molecule has 3 nitrogen and oxygen atoms in total. The Balaban J connectivity index is 2.30. The first-order chi connectivity index (χ1) is 6.20. The first kappa shape index (κ1) is 8.66. The highest BCUT2D eigenvalue weighted by Crippen LogP contribution is 2.31. The maximum absolute atomic E-state index is 11.6. The van der Waals surface area contributed by atoms with E-state index in [0.717, 1.165) is 6.42 Å². The molecule has 0 radical (unpaired) electrons. The number of ketones is 1. The topological polar surface area (TPSA) is 63.3 Å². The number of carbonyl (C=O) groups is 1. The van der Waals surface area contributed by atoms with Crippen LogP contribution in [-0.4, -0.2) is 23.0 Å². The Hall–Kier alpha value is -0.930. The molecule has 0 aromatic heterocycles. The van der Waals surface area contributed by atoms with E-state index in [1.165, 1.54) is 0 Å². The highest BCUT2D eigenvalue weighted by molar-refractivity contribution is 6.01. The smallest absolute Gasteiger partial charge is 0.175 e. The lowest BCUT2D eigenvalue weighted by Crippen LogP contribution is -2.42. The molecule has 1 fully saturated rings. The molecule has 3 heteroatoms. The van der Waals surface area contributed by atoms with Crippen molar-refractivity contribution in [3.05, 3.63) is 23.8 Å². The van der Waals surface area contributed by atoms with Gasteiger partial charge in [-0.2, -0.15) is 0 Å². The van der Waals surface area contributed by atoms with Crippen LogP contribution < -0.4 is 5.73 Å². The minimum absolute atomic E-state index is 0.000324. The normalized spacial score (nSPS) is 38.5. The molecule has 0 amide bonds. The van der Waals surface area contributed by atoms with Crippen LogP contribution in [0, 0.1) is 5.92 Å². The molecule has 0 aromatic rings. The minimum atomic E-state index is -0.503. The molecule has 0 aromatic carbocycles. The summed E-state index contributed by atoms with van der Waals surface area (Å²) in [5.74, 6) is -0.0167. The maximum atomic E-state index is 11.6. The third-order valence-electron chi connectivity index (χ3n) is 2.81. The maximum Gasteiger partial charge on any atom is 0.175 e. The molecule has 1 saturated carbocycles. The van der Waals surface area contributed by atoms with Gasteiger partial charge in [-0.25, -0.2) is 0 Å². The zero-order chi connectivity index (χ0) is 9.42.